The van der Waals surface area contributed by atoms with E-state index in [1.807, 2.05) is 4.90 Å². The summed E-state index contributed by atoms with van der Waals surface area (Å²) in [4.78, 5) is 44.5. The number of carbonyl (C=O) groups excluding carboxylic acids is 2. The molecular formula is C28H26ClFN6O3. The molecule has 1 aliphatic rings. The third kappa shape index (κ3) is 5.91. The van der Waals surface area contributed by atoms with Crippen molar-refractivity contribution in [2.24, 2.45) is 0 Å². The number of ether oxygens (including phenoxy) is 1. The SMILES string of the molecule is CN(C)C(=O)c1nc(N2CCN(C(=O)COc3ccc(Cl)cc3)CC2)c2nc(-c3ccc(F)cc3)ccc2n1. The fourth-order valence-electron chi connectivity index (χ4n) is 4.23. The Hall–Kier alpha value is -4.31. The monoisotopic (exact) mass is 548 g/mol. The van der Waals surface area contributed by atoms with Gasteiger partial charge >= 0.3 is 0 Å². The molecular weight excluding hydrogens is 523 g/mol. The number of anilines is 1. The minimum Gasteiger partial charge on any atom is -0.484 e. The maximum atomic E-state index is 13.5. The van der Waals surface area contributed by atoms with Gasteiger partial charge in [-0.2, -0.15) is 0 Å². The van der Waals surface area contributed by atoms with Crippen molar-refractivity contribution in [3.05, 3.63) is 77.3 Å². The van der Waals surface area contributed by atoms with Crippen LogP contribution in [0, 0.1) is 5.82 Å². The molecule has 0 saturated carbocycles. The number of amides is 2. The lowest BCUT2D eigenvalue weighted by molar-refractivity contribution is -0.133. The smallest absolute Gasteiger partial charge is 0.291 e. The zero-order valence-electron chi connectivity index (χ0n) is 21.5. The zero-order chi connectivity index (χ0) is 27.5. The van der Waals surface area contributed by atoms with Gasteiger partial charge in [0.2, 0.25) is 5.82 Å². The topological polar surface area (TPSA) is 91.8 Å². The van der Waals surface area contributed by atoms with Crippen LogP contribution >= 0.6 is 11.6 Å². The Balaban J connectivity index is 1.38. The molecule has 5 rings (SSSR count). The van der Waals surface area contributed by atoms with E-state index in [-0.39, 0.29) is 30.1 Å². The summed E-state index contributed by atoms with van der Waals surface area (Å²) in [6.07, 6.45) is 0. The fraction of sp³-hybridized carbons (Fsp3) is 0.250. The van der Waals surface area contributed by atoms with E-state index in [0.29, 0.717) is 59.5 Å². The van der Waals surface area contributed by atoms with E-state index in [4.69, 9.17) is 21.3 Å². The predicted octanol–water partition coefficient (Wildman–Crippen LogP) is 3.91. The van der Waals surface area contributed by atoms with E-state index in [2.05, 4.69) is 9.97 Å². The molecule has 4 aromatic rings. The largest absolute Gasteiger partial charge is 0.484 e. The Morgan fingerprint density at radius 2 is 1.62 bits per heavy atom. The minimum absolute atomic E-state index is 0.0636. The van der Waals surface area contributed by atoms with Crippen LogP contribution in [-0.4, -0.2) is 83.4 Å². The highest BCUT2D eigenvalue weighted by Crippen LogP contribution is 2.27. The summed E-state index contributed by atoms with van der Waals surface area (Å²) in [6, 6.07) is 16.5. The highest BCUT2D eigenvalue weighted by molar-refractivity contribution is 6.30. The summed E-state index contributed by atoms with van der Waals surface area (Å²) in [5.74, 6) is 0.361. The van der Waals surface area contributed by atoms with Crippen LogP contribution in [0.25, 0.3) is 22.3 Å². The van der Waals surface area contributed by atoms with Crippen molar-refractivity contribution in [2.45, 2.75) is 0 Å². The number of pyridine rings is 1. The van der Waals surface area contributed by atoms with Crippen LogP contribution in [0.4, 0.5) is 10.2 Å². The summed E-state index contributed by atoms with van der Waals surface area (Å²) in [5, 5.41) is 0.594. The molecule has 2 amide bonds. The maximum absolute atomic E-state index is 13.5. The number of halogens is 2. The highest BCUT2D eigenvalue weighted by Gasteiger charge is 2.26. The van der Waals surface area contributed by atoms with Crippen LogP contribution in [0.3, 0.4) is 0 Å². The Kier molecular flexibility index (Phi) is 7.56. The summed E-state index contributed by atoms with van der Waals surface area (Å²) in [5.41, 5.74) is 2.42. The predicted molar refractivity (Wildman–Crippen MR) is 146 cm³/mol. The van der Waals surface area contributed by atoms with E-state index in [9.17, 15) is 14.0 Å². The average molecular weight is 549 g/mol. The highest BCUT2D eigenvalue weighted by atomic mass is 35.5. The Morgan fingerprint density at radius 1 is 0.923 bits per heavy atom. The summed E-state index contributed by atoms with van der Waals surface area (Å²) in [7, 11) is 3.28. The molecule has 39 heavy (non-hydrogen) atoms. The number of fused-ring (bicyclic) bond motifs is 1. The van der Waals surface area contributed by atoms with Crippen molar-refractivity contribution in [2.75, 3.05) is 51.8 Å². The molecule has 0 N–H and O–H groups in total. The van der Waals surface area contributed by atoms with Gasteiger partial charge in [0.25, 0.3) is 11.8 Å². The van der Waals surface area contributed by atoms with Gasteiger partial charge in [0, 0.05) is 50.9 Å². The number of hydrogen-bond acceptors (Lipinski definition) is 7. The lowest BCUT2D eigenvalue weighted by Crippen LogP contribution is -2.50. The fourth-order valence-corrected chi connectivity index (χ4v) is 4.36. The number of benzene rings is 2. The van der Waals surface area contributed by atoms with Crippen LogP contribution < -0.4 is 9.64 Å². The molecule has 1 aliphatic heterocycles. The van der Waals surface area contributed by atoms with E-state index in [1.54, 1.807) is 67.5 Å². The van der Waals surface area contributed by atoms with E-state index in [0.717, 1.165) is 5.56 Å². The van der Waals surface area contributed by atoms with Gasteiger partial charge in [0.1, 0.15) is 17.1 Å². The van der Waals surface area contributed by atoms with E-state index >= 15 is 0 Å². The number of nitrogens with zero attached hydrogens (tertiary/aromatic N) is 6. The molecule has 9 nitrogen and oxygen atoms in total. The molecule has 0 bridgehead atoms. The molecule has 0 aliphatic carbocycles. The molecule has 1 fully saturated rings. The molecule has 0 spiro atoms. The Morgan fingerprint density at radius 3 is 2.28 bits per heavy atom. The molecule has 2 aromatic carbocycles. The van der Waals surface area contributed by atoms with E-state index < -0.39 is 0 Å². The summed E-state index contributed by atoms with van der Waals surface area (Å²) >= 11 is 5.90. The van der Waals surface area contributed by atoms with Crippen molar-refractivity contribution >= 4 is 40.3 Å². The van der Waals surface area contributed by atoms with Crippen molar-refractivity contribution in [3.8, 4) is 17.0 Å². The summed E-state index contributed by atoms with van der Waals surface area (Å²) < 4.78 is 19.1. The van der Waals surface area contributed by atoms with E-state index in [1.165, 1.54) is 17.0 Å². The zero-order valence-corrected chi connectivity index (χ0v) is 22.2. The van der Waals surface area contributed by atoms with Gasteiger partial charge in [-0.15, -0.1) is 0 Å². The van der Waals surface area contributed by atoms with Gasteiger partial charge in [0.15, 0.2) is 12.4 Å². The van der Waals surface area contributed by atoms with Crippen molar-refractivity contribution < 1.29 is 18.7 Å². The van der Waals surface area contributed by atoms with Crippen LogP contribution in [0.5, 0.6) is 5.75 Å². The van der Waals surface area contributed by atoms with Crippen LogP contribution in [0.1, 0.15) is 10.6 Å². The second kappa shape index (κ2) is 11.2. The van der Waals surface area contributed by atoms with Gasteiger partial charge in [-0.25, -0.2) is 19.3 Å². The first-order chi connectivity index (χ1) is 18.8. The number of carbonyl (C=O) groups is 2. The molecule has 11 heteroatoms. The van der Waals surface area contributed by atoms with Crippen molar-refractivity contribution in [1.29, 1.82) is 0 Å². The van der Waals surface area contributed by atoms with Gasteiger partial charge in [-0.05, 0) is 60.7 Å². The molecule has 0 atom stereocenters. The van der Waals surface area contributed by atoms with Gasteiger partial charge < -0.3 is 19.4 Å². The number of piperazine rings is 1. The molecule has 200 valence electrons. The van der Waals surface area contributed by atoms with Crippen molar-refractivity contribution in [3.63, 3.8) is 0 Å². The van der Waals surface area contributed by atoms with Gasteiger partial charge in [0.05, 0.1) is 11.2 Å². The van der Waals surface area contributed by atoms with Crippen molar-refractivity contribution in [1.82, 2.24) is 24.8 Å². The summed E-state index contributed by atoms with van der Waals surface area (Å²) in [6.45, 7) is 1.78. The lowest BCUT2D eigenvalue weighted by Gasteiger charge is -2.35. The second-order valence-electron chi connectivity index (χ2n) is 9.25. The normalized spacial score (nSPS) is 13.4. The molecule has 1 saturated heterocycles. The van der Waals surface area contributed by atoms with Crippen LogP contribution in [0.15, 0.2) is 60.7 Å². The molecule has 0 radical (unpaired) electrons. The second-order valence-corrected chi connectivity index (χ2v) is 9.69. The molecule has 3 heterocycles. The third-order valence-corrected chi connectivity index (χ3v) is 6.62. The number of hydrogen-bond donors (Lipinski definition) is 0. The number of aromatic nitrogens is 3. The molecule has 2 aromatic heterocycles. The maximum Gasteiger partial charge on any atom is 0.291 e. The molecule has 0 unspecified atom stereocenters. The van der Waals surface area contributed by atoms with Gasteiger partial charge in [-0.3, -0.25) is 9.59 Å². The first-order valence-corrected chi connectivity index (χ1v) is 12.7. The third-order valence-electron chi connectivity index (χ3n) is 6.37. The number of rotatable bonds is 6. The first-order valence-electron chi connectivity index (χ1n) is 12.4. The lowest BCUT2D eigenvalue weighted by atomic mass is 10.1. The Bertz CT molecular complexity index is 1510. The Labute approximate surface area is 229 Å². The average Bonchev–Trinajstić information content (AvgIpc) is 2.96. The van der Waals surface area contributed by atoms with Gasteiger partial charge in [-0.1, -0.05) is 11.6 Å². The minimum atomic E-state index is -0.332. The van der Waals surface area contributed by atoms with Crippen LogP contribution in [-0.2, 0) is 4.79 Å². The first kappa shape index (κ1) is 26.3. The quantitative estimate of drug-likeness (QED) is 0.361. The van der Waals surface area contributed by atoms with Crippen LogP contribution in [0.2, 0.25) is 5.02 Å². The standard InChI is InChI=1S/C28H26ClFN6O3/c1-34(2)28(38)26-32-23-12-11-22(18-3-7-20(30)8-4-18)31-25(23)27(33-26)36-15-13-35(14-16-36)24(37)17-39-21-9-5-19(29)6-10-21/h3-12H,13-17H2,1-2H3.